The van der Waals surface area contributed by atoms with Crippen LogP contribution in [0.5, 0.6) is 0 Å². The van der Waals surface area contributed by atoms with Gasteiger partial charge in [-0.3, -0.25) is 9.97 Å². The van der Waals surface area contributed by atoms with Crippen molar-refractivity contribution in [1.82, 2.24) is 9.97 Å². The summed E-state index contributed by atoms with van der Waals surface area (Å²) in [6, 6.07) is 7.77. The summed E-state index contributed by atoms with van der Waals surface area (Å²) in [5.74, 6) is 0. The Hall–Kier alpha value is -2.07. The molecule has 20 heavy (non-hydrogen) atoms. The molecule has 0 fully saturated rings. The molecule has 0 amide bonds. The summed E-state index contributed by atoms with van der Waals surface area (Å²) < 4.78 is 0. The summed E-state index contributed by atoms with van der Waals surface area (Å²) in [5, 5.41) is 8.51. The normalized spacial score (nSPS) is 9.45. The minimum Gasteiger partial charge on any atom is -0.396 e. The third kappa shape index (κ3) is 7.38. The summed E-state index contributed by atoms with van der Waals surface area (Å²) in [5.41, 5.74) is 2.31. The minimum absolute atomic E-state index is 0.259. The zero-order valence-corrected chi connectivity index (χ0v) is 11.5. The highest BCUT2D eigenvalue weighted by atomic mass is 16.2. The molecule has 0 aliphatic carbocycles. The molecular weight excluding hydrogens is 252 g/mol. The zero-order chi connectivity index (χ0) is 14.5. The number of carbonyl (C=O) groups excluding carboxylic acids is 1. The monoisotopic (exact) mass is 272 g/mol. The maximum absolute atomic E-state index is 9.96. The Labute approximate surface area is 119 Å². The fraction of sp³-hybridized carbons (Fsp3) is 0.312. The molecule has 0 aliphatic heterocycles. The number of aliphatic hydroxyl groups is 1. The van der Waals surface area contributed by atoms with Gasteiger partial charge >= 0.3 is 0 Å². The van der Waals surface area contributed by atoms with Crippen LogP contribution in [-0.4, -0.2) is 28.0 Å². The lowest BCUT2D eigenvalue weighted by atomic mass is 10.2. The molecule has 2 aromatic rings. The molecule has 4 heteroatoms. The van der Waals surface area contributed by atoms with E-state index in [9.17, 15) is 4.79 Å². The van der Waals surface area contributed by atoms with Crippen LogP contribution >= 0.6 is 0 Å². The van der Waals surface area contributed by atoms with Crippen LogP contribution in [0.1, 0.15) is 24.0 Å². The molecular formula is C16H20N2O2. The number of aromatic nitrogens is 2. The van der Waals surface area contributed by atoms with Gasteiger partial charge in [-0.2, -0.15) is 0 Å². The SMILES string of the molecule is O=CCCc1cccnc1.OCCCc1cccnc1. The van der Waals surface area contributed by atoms with Crippen LogP contribution in [0.2, 0.25) is 0 Å². The van der Waals surface area contributed by atoms with Crippen molar-refractivity contribution < 1.29 is 9.90 Å². The van der Waals surface area contributed by atoms with Crippen molar-refractivity contribution in [3.63, 3.8) is 0 Å². The maximum atomic E-state index is 9.96. The number of carbonyl (C=O) groups is 1. The lowest BCUT2D eigenvalue weighted by Gasteiger charge is -1.95. The minimum atomic E-state index is 0.259. The quantitative estimate of drug-likeness (QED) is 0.819. The van der Waals surface area contributed by atoms with E-state index in [1.165, 1.54) is 5.56 Å². The van der Waals surface area contributed by atoms with E-state index in [2.05, 4.69) is 9.97 Å². The first kappa shape index (κ1) is 16.0. The van der Waals surface area contributed by atoms with E-state index in [1.807, 2.05) is 30.5 Å². The molecule has 0 bridgehead atoms. The number of rotatable bonds is 6. The number of aryl methyl sites for hydroxylation is 2. The number of hydrogen-bond acceptors (Lipinski definition) is 4. The van der Waals surface area contributed by atoms with Crippen molar-refractivity contribution in [2.75, 3.05) is 6.61 Å². The first-order valence-electron chi connectivity index (χ1n) is 6.69. The molecule has 2 aromatic heterocycles. The van der Waals surface area contributed by atoms with Crippen molar-refractivity contribution in [1.29, 1.82) is 0 Å². The summed E-state index contributed by atoms with van der Waals surface area (Å²) in [4.78, 5) is 17.8. The van der Waals surface area contributed by atoms with Crippen LogP contribution in [0.3, 0.4) is 0 Å². The van der Waals surface area contributed by atoms with Crippen LogP contribution in [0, 0.1) is 0 Å². The Balaban J connectivity index is 0.000000200. The Morgan fingerprint density at radius 3 is 2.05 bits per heavy atom. The maximum Gasteiger partial charge on any atom is 0.120 e. The summed E-state index contributed by atoms with van der Waals surface area (Å²) in [7, 11) is 0. The fourth-order valence-corrected chi connectivity index (χ4v) is 1.60. The van der Waals surface area contributed by atoms with E-state index in [1.54, 1.807) is 18.6 Å². The predicted octanol–water partition coefficient (Wildman–Crippen LogP) is 2.22. The summed E-state index contributed by atoms with van der Waals surface area (Å²) in [6.07, 6.45) is 11.2. The fourth-order valence-electron chi connectivity index (χ4n) is 1.60. The smallest absolute Gasteiger partial charge is 0.120 e. The van der Waals surface area contributed by atoms with Gasteiger partial charge in [0.15, 0.2) is 0 Å². The van der Waals surface area contributed by atoms with Gasteiger partial charge in [0, 0.05) is 37.8 Å². The number of hydrogen-bond donors (Lipinski definition) is 1. The van der Waals surface area contributed by atoms with E-state index >= 15 is 0 Å². The van der Waals surface area contributed by atoms with Crippen LogP contribution in [0.15, 0.2) is 49.1 Å². The van der Waals surface area contributed by atoms with Crippen molar-refractivity contribution in [2.45, 2.75) is 25.7 Å². The van der Waals surface area contributed by atoms with Gasteiger partial charge in [0.1, 0.15) is 6.29 Å². The highest BCUT2D eigenvalue weighted by Gasteiger charge is 1.89. The highest BCUT2D eigenvalue weighted by molar-refractivity contribution is 5.49. The average molecular weight is 272 g/mol. The van der Waals surface area contributed by atoms with Crippen LogP contribution < -0.4 is 0 Å². The largest absolute Gasteiger partial charge is 0.396 e. The first-order chi connectivity index (χ1) is 9.86. The molecule has 0 spiro atoms. The predicted molar refractivity (Wildman–Crippen MR) is 78.3 cm³/mol. The second kappa shape index (κ2) is 10.8. The van der Waals surface area contributed by atoms with Gasteiger partial charge in [-0.05, 0) is 42.5 Å². The van der Waals surface area contributed by atoms with Gasteiger partial charge in [-0.25, -0.2) is 0 Å². The third-order valence-electron chi connectivity index (χ3n) is 2.62. The number of nitrogens with zero attached hydrogens (tertiary/aromatic N) is 2. The van der Waals surface area contributed by atoms with Gasteiger partial charge in [-0.15, -0.1) is 0 Å². The standard InChI is InChI=1S/C8H11NO.C8H9NO/c2*10-6-2-4-8-3-1-5-9-7-8/h1,3,5,7,10H,2,4,6H2;1,3,5-7H,2,4H2. The second-order valence-electron chi connectivity index (χ2n) is 4.26. The number of aliphatic hydroxyl groups excluding tert-OH is 1. The van der Waals surface area contributed by atoms with Gasteiger partial charge in [0.25, 0.3) is 0 Å². The molecule has 0 atom stereocenters. The van der Waals surface area contributed by atoms with Crippen molar-refractivity contribution >= 4 is 6.29 Å². The van der Waals surface area contributed by atoms with E-state index < -0.39 is 0 Å². The van der Waals surface area contributed by atoms with E-state index in [-0.39, 0.29) is 6.61 Å². The zero-order valence-electron chi connectivity index (χ0n) is 11.5. The van der Waals surface area contributed by atoms with Crippen molar-refractivity contribution in [3.05, 3.63) is 60.2 Å². The molecule has 0 aliphatic rings. The van der Waals surface area contributed by atoms with Gasteiger partial charge in [0.05, 0.1) is 0 Å². The molecule has 106 valence electrons. The van der Waals surface area contributed by atoms with Crippen molar-refractivity contribution in [3.8, 4) is 0 Å². The Kier molecular flexibility index (Phi) is 8.65. The Morgan fingerprint density at radius 1 is 1.00 bits per heavy atom. The molecule has 1 N–H and O–H groups in total. The highest BCUT2D eigenvalue weighted by Crippen LogP contribution is 1.99. The first-order valence-corrected chi connectivity index (χ1v) is 6.69. The topological polar surface area (TPSA) is 63.1 Å². The Bertz CT molecular complexity index is 460. The summed E-state index contributed by atoms with van der Waals surface area (Å²) >= 11 is 0. The molecule has 0 saturated carbocycles. The third-order valence-corrected chi connectivity index (χ3v) is 2.62. The molecule has 4 nitrogen and oxygen atoms in total. The lowest BCUT2D eigenvalue weighted by Crippen LogP contribution is -1.88. The van der Waals surface area contributed by atoms with Gasteiger partial charge in [-0.1, -0.05) is 12.1 Å². The lowest BCUT2D eigenvalue weighted by molar-refractivity contribution is -0.107. The molecule has 2 heterocycles. The Morgan fingerprint density at radius 2 is 1.60 bits per heavy atom. The number of pyridine rings is 2. The molecule has 0 unspecified atom stereocenters. The molecule has 2 rings (SSSR count). The van der Waals surface area contributed by atoms with Crippen LogP contribution in [0.25, 0.3) is 0 Å². The van der Waals surface area contributed by atoms with E-state index in [0.29, 0.717) is 6.42 Å². The van der Waals surface area contributed by atoms with E-state index in [4.69, 9.17) is 5.11 Å². The molecule has 0 radical (unpaired) electrons. The molecule has 0 saturated heterocycles. The van der Waals surface area contributed by atoms with Gasteiger partial charge < -0.3 is 9.90 Å². The van der Waals surface area contributed by atoms with Gasteiger partial charge in [0.2, 0.25) is 0 Å². The molecule has 0 aromatic carbocycles. The summed E-state index contributed by atoms with van der Waals surface area (Å²) in [6.45, 7) is 0.259. The van der Waals surface area contributed by atoms with Crippen LogP contribution in [-0.2, 0) is 17.6 Å². The average Bonchev–Trinajstić information content (AvgIpc) is 2.53. The van der Waals surface area contributed by atoms with E-state index in [0.717, 1.165) is 31.1 Å². The number of aldehydes is 1. The van der Waals surface area contributed by atoms with Crippen molar-refractivity contribution in [2.24, 2.45) is 0 Å². The van der Waals surface area contributed by atoms with Crippen LogP contribution in [0.4, 0.5) is 0 Å². The second-order valence-corrected chi connectivity index (χ2v) is 4.26.